The van der Waals surface area contributed by atoms with E-state index in [1.165, 1.54) is 6.07 Å². The maximum Gasteiger partial charge on any atom is 0.311 e. The molecule has 0 fully saturated rings. The summed E-state index contributed by atoms with van der Waals surface area (Å²) in [6, 6.07) is 4.90. The molecule has 0 aromatic heterocycles. The first-order chi connectivity index (χ1) is 9.69. The van der Waals surface area contributed by atoms with Crippen LogP contribution in [-0.4, -0.2) is 38.5 Å². The number of ether oxygens (including phenoxy) is 3. The van der Waals surface area contributed by atoms with Crippen molar-refractivity contribution in [1.29, 1.82) is 0 Å². The summed E-state index contributed by atoms with van der Waals surface area (Å²) in [5.41, 5.74) is 0.807. The van der Waals surface area contributed by atoms with E-state index >= 15 is 0 Å². The summed E-state index contributed by atoms with van der Waals surface area (Å²) in [5.74, 6) is 0.264. The van der Waals surface area contributed by atoms with Gasteiger partial charge in [0.25, 0.3) is 0 Å². The molecule has 6 nitrogen and oxygen atoms in total. The van der Waals surface area contributed by atoms with Gasteiger partial charge in [-0.15, -0.1) is 0 Å². The number of nitrogens with zero attached hydrogens (tertiary/aromatic N) is 1. The third kappa shape index (κ3) is 5.85. The molecule has 0 heterocycles. The average molecular weight is 348 g/mol. The van der Waals surface area contributed by atoms with E-state index in [9.17, 15) is 10.1 Å². The highest BCUT2D eigenvalue weighted by Gasteiger charge is 2.15. The molecule has 20 heavy (non-hydrogen) atoms. The summed E-state index contributed by atoms with van der Waals surface area (Å²) >= 11 is 3.27. The second kappa shape index (κ2) is 9.68. The van der Waals surface area contributed by atoms with E-state index in [0.29, 0.717) is 25.2 Å². The van der Waals surface area contributed by atoms with Crippen LogP contribution in [0.3, 0.4) is 0 Å². The molecule has 1 rings (SSSR count). The van der Waals surface area contributed by atoms with Crippen LogP contribution in [0.5, 0.6) is 5.75 Å². The largest absolute Gasteiger partial charge is 0.484 e. The molecule has 0 aliphatic rings. The van der Waals surface area contributed by atoms with Crippen LogP contribution in [0.1, 0.15) is 12.0 Å². The van der Waals surface area contributed by atoms with E-state index in [1.54, 1.807) is 19.2 Å². The fraction of sp³-hybridized carbons (Fsp3) is 0.538. The van der Waals surface area contributed by atoms with Crippen molar-refractivity contribution in [3.05, 3.63) is 33.9 Å². The van der Waals surface area contributed by atoms with E-state index in [1.807, 2.05) is 0 Å². The molecule has 1 aromatic carbocycles. The highest BCUT2D eigenvalue weighted by molar-refractivity contribution is 9.08. The van der Waals surface area contributed by atoms with Crippen molar-refractivity contribution >= 4 is 21.6 Å². The molecular formula is C13H18BrNO5. The topological polar surface area (TPSA) is 70.8 Å². The van der Waals surface area contributed by atoms with Crippen LogP contribution in [0.15, 0.2) is 18.2 Å². The van der Waals surface area contributed by atoms with Gasteiger partial charge in [0, 0.05) is 31.7 Å². The number of hydrogen-bond donors (Lipinski definition) is 0. The molecule has 0 aliphatic heterocycles. The molecule has 0 spiro atoms. The standard InChI is InChI=1S/C13H18BrNO5/c1-18-5-2-6-19-7-8-20-13-4-3-11(10-14)9-12(13)15(16)17/h3-4,9H,2,5-8,10H2,1H3. The molecule has 0 N–H and O–H groups in total. The maximum absolute atomic E-state index is 11.0. The van der Waals surface area contributed by atoms with Crippen molar-refractivity contribution in [2.75, 3.05) is 33.5 Å². The van der Waals surface area contributed by atoms with Gasteiger partial charge in [-0.2, -0.15) is 0 Å². The minimum Gasteiger partial charge on any atom is -0.484 e. The second-order valence-corrected chi connectivity index (χ2v) is 4.56. The van der Waals surface area contributed by atoms with Gasteiger partial charge in [-0.05, 0) is 18.1 Å². The Bertz CT molecular complexity index is 427. The lowest BCUT2D eigenvalue weighted by molar-refractivity contribution is -0.385. The third-order valence-corrected chi connectivity index (χ3v) is 3.14. The van der Waals surface area contributed by atoms with Crippen molar-refractivity contribution < 1.29 is 19.1 Å². The highest BCUT2D eigenvalue weighted by Crippen LogP contribution is 2.28. The Hall–Kier alpha value is -1.18. The first-order valence-corrected chi connectivity index (χ1v) is 7.34. The van der Waals surface area contributed by atoms with Crippen molar-refractivity contribution in [1.82, 2.24) is 0 Å². The van der Waals surface area contributed by atoms with E-state index in [4.69, 9.17) is 14.2 Å². The highest BCUT2D eigenvalue weighted by atomic mass is 79.9. The smallest absolute Gasteiger partial charge is 0.311 e. The summed E-state index contributed by atoms with van der Waals surface area (Å²) < 4.78 is 15.6. The molecule has 0 aliphatic carbocycles. The van der Waals surface area contributed by atoms with Gasteiger partial charge in [-0.1, -0.05) is 22.0 Å². The first kappa shape index (κ1) is 16.9. The Morgan fingerprint density at radius 2 is 2.05 bits per heavy atom. The Labute approximate surface area is 126 Å². The SMILES string of the molecule is COCCCOCCOc1ccc(CBr)cc1[N+](=O)[O-]. The van der Waals surface area contributed by atoms with E-state index < -0.39 is 4.92 Å². The van der Waals surface area contributed by atoms with E-state index in [2.05, 4.69) is 15.9 Å². The van der Waals surface area contributed by atoms with Crippen LogP contribution >= 0.6 is 15.9 Å². The molecular weight excluding hydrogens is 330 g/mol. The van der Waals surface area contributed by atoms with Crippen molar-refractivity contribution in [2.24, 2.45) is 0 Å². The van der Waals surface area contributed by atoms with Crippen LogP contribution < -0.4 is 4.74 Å². The lowest BCUT2D eigenvalue weighted by Crippen LogP contribution is -2.09. The number of halogens is 1. The number of hydrogen-bond acceptors (Lipinski definition) is 5. The van der Waals surface area contributed by atoms with Crippen molar-refractivity contribution in [2.45, 2.75) is 11.8 Å². The Morgan fingerprint density at radius 1 is 1.25 bits per heavy atom. The average Bonchev–Trinajstić information content (AvgIpc) is 2.46. The van der Waals surface area contributed by atoms with Crippen LogP contribution in [0.2, 0.25) is 0 Å². The normalized spacial score (nSPS) is 10.5. The van der Waals surface area contributed by atoms with Crippen molar-refractivity contribution in [3.63, 3.8) is 0 Å². The molecule has 0 saturated heterocycles. The minimum absolute atomic E-state index is 0.0265. The molecule has 0 atom stereocenters. The molecule has 0 amide bonds. The van der Waals surface area contributed by atoms with Gasteiger partial charge >= 0.3 is 5.69 Å². The Morgan fingerprint density at radius 3 is 2.70 bits per heavy atom. The number of nitro groups is 1. The van der Waals surface area contributed by atoms with Crippen LogP contribution in [0.4, 0.5) is 5.69 Å². The maximum atomic E-state index is 11.0. The zero-order valence-electron chi connectivity index (χ0n) is 11.3. The van der Waals surface area contributed by atoms with Gasteiger partial charge in [-0.25, -0.2) is 0 Å². The number of alkyl halides is 1. The zero-order valence-corrected chi connectivity index (χ0v) is 12.9. The number of rotatable bonds is 10. The predicted octanol–water partition coefficient (Wildman–Crippen LogP) is 2.92. The molecule has 0 saturated carbocycles. The summed E-state index contributed by atoms with van der Waals surface area (Å²) in [6.07, 6.45) is 0.816. The number of benzene rings is 1. The summed E-state index contributed by atoms with van der Waals surface area (Å²) in [7, 11) is 1.64. The van der Waals surface area contributed by atoms with Gasteiger partial charge in [0.2, 0.25) is 0 Å². The fourth-order valence-electron chi connectivity index (χ4n) is 1.53. The van der Waals surface area contributed by atoms with Crippen molar-refractivity contribution in [3.8, 4) is 5.75 Å². The quantitative estimate of drug-likeness (QED) is 0.281. The minimum atomic E-state index is -0.444. The fourth-order valence-corrected chi connectivity index (χ4v) is 1.88. The van der Waals surface area contributed by atoms with Gasteiger partial charge in [0.15, 0.2) is 5.75 Å². The number of nitro benzene ring substituents is 1. The molecule has 0 unspecified atom stereocenters. The summed E-state index contributed by atoms with van der Waals surface area (Å²) in [4.78, 5) is 10.5. The molecule has 112 valence electrons. The predicted molar refractivity (Wildman–Crippen MR) is 78.5 cm³/mol. The van der Waals surface area contributed by atoms with Crippen LogP contribution in [-0.2, 0) is 14.8 Å². The van der Waals surface area contributed by atoms with Gasteiger partial charge in [0.05, 0.1) is 11.5 Å². The van der Waals surface area contributed by atoms with E-state index in [0.717, 1.165) is 12.0 Å². The number of methoxy groups -OCH3 is 1. The van der Waals surface area contributed by atoms with Crippen LogP contribution in [0.25, 0.3) is 0 Å². The Balaban J connectivity index is 2.41. The lowest BCUT2D eigenvalue weighted by atomic mass is 10.2. The zero-order chi connectivity index (χ0) is 14.8. The molecule has 0 radical (unpaired) electrons. The summed E-state index contributed by atoms with van der Waals surface area (Å²) in [5, 5.41) is 11.5. The first-order valence-electron chi connectivity index (χ1n) is 6.21. The monoisotopic (exact) mass is 347 g/mol. The molecule has 1 aromatic rings. The third-order valence-electron chi connectivity index (χ3n) is 2.50. The molecule has 7 heteroatoms. The van der Waals surface area contributed by atoms with Gasteiger partial charge in [0.1, 0.15) is 6.61 Å². The summed E-state index contributed by atoms with van der Waals surface area (Å²) in [6.45, 7) is 1.91. The van der Waals surface area contributed by atoms with E-state index in [-0.39, 0.29) is 18.0 Å². The van der Waals surface area contributed by atoms with Gasteiger partial charge in [-0.3, -0.25) is 10.1 Å². The molecule has 0 bridgehead atoms. The van der Waals surface area contributed by atoms with Gasteiger partial charge < -0.3 is 14.2 Å². The Kier molecular flexibility index (Phi) is 8.17. The van der Waals surface area contributed by atoms with Crippen LogP contribution in [0, 0.1) is 10.1 Å². The second-order valence-electron chi connectivity index (χ2n) is 4.00. The lowest BCUT2D eigenvalue weighted by Gasteiger charge is -2.08.